The first-order chi connectivity index (χ1) is 14.7. The van der Waals surface area contributed by atoms with E-state index in [1.807, 2.05) is 45.9 Å². The van der Waals surface area contributed by atoms with Gasteiger partial charge in [0.2, 0.25) is 5.91 Å². The Labute approximate surface area is 194 Å². The molecule has 0 heterocycles. The van der Waals surface area contributed by atoms with Crippen LogP contribution >= 0.6 is 23.2 Å². The van der Waals surface area contributed by atoms with E-state index in [1.54, 1.807) is 24.3 Å². The number of halogens is 2. The molecule has 0 bridgehead atoms. The maximum atomic E-state index is 13.2. The van der Waals surface area contributed by atoms with Crippen LogP contribution in [-0.4, -0.2) is 35.9 Å². The van der Waals surface area contributed by atoms with Crippen LogP contribution in [0.25, 0.3) is 0 Å². The van der Waals surface area contributed by atoms with Crippen LogP contribution in [0.15, 0.2) is 42.5 Å². The SMILES string of the molecule is CC[C@H](C(=O)NCC(C)C)N(Cc1c(Cl)cccc1Cl)C(=O)COc1cccc(C)c1. The molecule has 2 amide bonds. The van der Waals surface area contributed by atoms with Crippen LogP contribution in [0, 0.1) is 12.8 Å². The van der Waals surface area contributed by atoms with Gasteiger partial charge in [-0.1, -0.05) is 62.2 Å². The Morgan fingerprint density at radius 1 is 1.10 bits per heavy atom. The zero-order valence-corrected chi connectivity index (χ0v) is 20.0. The summed E-state index contributed by atoms with van der Waals surface area (Å²) in [6, 6.07) is 12.0. The Morgan fingerprint density at radius 2 is 1.74 bits per heavy atom. The van der Waals surface area contributed by atoms with Crippen molar-refractivity contribution in [2.24, 2.45) is 5.92 Å². The molecular weight excluding hydrogens is 435 g/mol. The van der Waals surface area contributed by atoms with Crippen molar-refractivity contribution in [3.8, 4) is 5.75 Å². The molecule has 0 aromatic heterocycles. The fourth-order valence-corrected chi connectivity index (χ4v) is 3.65. The molecule has 31 heavy (non-hydrogen) atoms. The summed E-state index contributed by atoms with van der Waals surface area (Å²) in [5.74, 6) is 0.377. The molecule has 2 aromatic rings. The second-order valence-corrected chi connectivity index (χ2v) is 8.70. The summed E-state index contributed by atoms with van der Waals surface area (Å²) in [5.41, 5.74) is 1.63. The number of carbonyl (C=O) groups excluding carboxylic acids is 2. The van der Waals surface area contributed by atoms with Gasteiger partial charge in [0.1, 0.15) is 11.8 Å². The molecule has 0 saturated carbocycles. The van der Waals surface area contributed by atoms with Gasteiger partial charge < -0.3 is 15.0 Å². The Morgan fingerprint density at radius 3 is 2.32 bits per heavy atom. The third-order valence-corrected chi connectivity index (χ3v) is 5.52. The van der Waals surface area contributed by atoms with E-state index in [0.717, 1.165) is 5.56 Å². The highest BCUT2D eigenvalue weighted by molar-refractivity contribution is 6.36. The van der Waals surface area contributed by atoms with Crippen LogP contribution in [-0.2, 0) is 16.1 Å². The molecule has 0 aliphatic rings. The minimum atomic E-state index is -0.667. The minimum Gasteiger partial charge on any atom is -0.484 e. The van der Waals surface area contributed by atoms with E-state index >= 15 is 0 Å². The average Bonchev–Trinajstić information content (AvgIpc) is 2.72. The topological polar surface area (TPSA) is 58.6 Å². The first-order valence-electron chi connectivity index (χ1n) is 10.4. The molecule has 2 rings (SSSR count). The van der Waals surface area contributed by atoms with Crippen LogP contribution in [0.5, 0.6) is 5.75 Å². The summed E-state index contributed by atoms with van der Waals surface area (Å²) < 4.78 is 5.71. The van der Waals surface area contributed by atoms with Crippen molar-refractivity contribution < 1.29 is 14.3 Å². The van der Waals surface area contributed by atoms with Crippen LogP contribution < -0.4 is 10.1 Å². The van der Waals surface area contributed by atoms with E-state index < -0.39 is 6.04 Å². The second kappa shape index (κ2) is 12.0. The number of ether oxygens (including phenoxy) is 1. The van der Waals surface area contributed by atoms with Gasteiger partial charge in [0.05, 0.1) is 0 Å². The molecule has 1 N–H and O–H groups in total. The van der Waals surface area contributed by atoms with Crippen molar-refractivity contribution >= 4 is 35.0 Å². The van der Waals surface area contributed by atoms with Crippen molar-refractivity contribution in [1.29, 1.82) is 0 Å². The lowest BCUT2D eigenvalue weighted by Gasteiger charge is -2.31. The molecule has 2 aromatic carbocycles. The van der Waals surface area contributed by atoms with Gasteiger partial charge >= 0.3 is 0 Å². The summed E-state index contributed by atoms with van der Waals surface area (Å²) >= 11 is 12.7. The van der Waals surface area contributed by atoms with Gasteiger partial charge in [-0.3, -0.25) is 9.59 Å². The lowest BCUT2D eigenvalue weighted by molar-refractivity contribution is -0.143. The van der Waals surface area contributed by atoms with Gasteiger partial charge in [-0.05, 0) is 49.1 Å². The van der Waals surface area contributed by atoms with Crippen molar-refractivity contribution in [3.05, 3.63) is 63.6 Å². The molecule has 0 saturated heterocycles. The van der Waals surface area contributed by atoms with E-state index in [1.165, 1.54) is 4.90 Å². The summed E-state index contributed by atoms with van der Waals surface area (Å²) in [4.78, 5) is 27.6. The third-order valence-electron chi connectivity index (χ3n) is 4.81. The molecule has 0 aliphatic carbocycles. The normalized spacial score (nSPS) is 11.8. The van der Waals surface area contributed by atoms with Gasteiger partial charge in [-0.25, -0.2) is 0 Å². The number of hydrogen-bond donors (Lipinski definition) is 1. The first-order valence-corrected chi connectivity index (χ1v) is 11.2. The number of amides is 2. The number of nitrogens with one attached hydrogen (secondary N) is 1. The molecule has 0 spiro atoms. The largest absolute Gasteiger partial charge is 0.484 e. The lowest BCUT2D eigenvalue weighted by Crippen LogP contribution is -2.50. The van der Waals surface area contributed by atoms with Crippen molar-refractivity contribution in [2.75, 3.05) is 13.2 Å². The van der Waals surface area contributed by atoms with Gasteiger partial charge in [-0.2, -0.15) is 0 Å². The predicted molar refractivity (Wildman–Crippen MR) is 126 cm³/mol. The molecule has 168 valence electrons. The van der Waals surface area contributed by atoms with Gasteiger partial charge in [0.25, 0.3) is 5.91 Å². The highest BCUT2D eigenvalue weighted by Gasteiger charge is 2.30. The van der Waals surface area contributed by atoms with E-state index in [0.29, 0.717) is 40.2 Å². The highest BCUT2D eigenvalue weighted by atomic mass is 35.5. The molecule has 0 radical (unpaired) electrons. The molecular formula is C24H30Cl2N2O3. The van der Waals surface area contributed by atoms with E-state index in [2.05, 4.69) is 5.32 Å². The summed E-state index contributed by atoms with van der Waals surface area (Å²) in [6.07, 6.45) is 0.447. The number of hydrogen-bond acceptors (Lipinski definition) is 3. The Kier molecular flexibility index (Phi) is 9.66. The van der Waals surface area contributed by atoms with Crippen LogP contribution in [0.1, 0.15) is 38.3 Å². The lowest BCUT2D eigenvalue weighted by atomic mass is 10.1. The Bertz CT molecular complexity index is 882. The summed E-state index contributed by atoms with van der Waals surface area (Å²) in [7, 11) is 0. The van der Waals surface area contributed by atoms with Crippen molar-refractivity contribution in [2.45, 2.75) is 46.7 Å². The number of rotatable bonds is 10. The van der Waals surface area contributed by atoms with E-state index in [-0.39, 0.29) is 25.0 Å². The fraction of sp³-hybridized carbons (Fsp3) is 0.417. The van der Waals surface area contributed by atoms with Gasteiger partial charge in [0, 0.05) is 28.7 Å². The number of aryl methyl sites for hydroxylation is 1. The quantitative estimate of drug-likeness (QED) is 0.521. The van der Waals surface area contributed by atoms with Crippen LogP contribution in [0.2, 0.25) is 10.0 Å². The molecule has 1 atom stereocenters. The van der Waals surface area contributed by atoms with Crippen molar-refractivity contribution in [3.63, 3.8) is 0 Å². The number of nitrogens with zero attached hydrogens (tertiary/aromatic N) is 1. The maximum Gasteiger partial charge on any atom is 0.261 e. The van der Waals surface area contributed by atoms with E-state index in [4.69, 9.17) is 27.9 Å². The third kappa shape index (κ3) is 7.44. The smallest absolute Gasteiger partial charge is 0.261 e. The number of benzene rings is 2. The van der Waals surface area contributed by atoms with E-state index in [9.17, 15) is 9.59 Å². The standard InChI is InChI=1S/C24H30Cl2N2O3/c1-5-22(24(30)27-13-16(2)3)28(14-19-20(25)10-7-11-21(19)26)23(29)15-31-18-9-6-8-17(4)12-18/h6-12,16,22H,5,13-15H2,1-4H3,(H,27,30)/t22-/m1/s1. The Hall–Kier alpha value is -2.24. The number of carbonyl (C=O) groups is 2. The zero-order chi connectivity index (χ0) is 23.0. The molecule has 0 aliphatic heterocycles. The minimum absolute atomic E-state index is 0.113. The van der Waals surface area contributed by atoms with Gasteiger partial charge in [0.15, 0.2) is 6.61 Å². The molecule has 0 fully saturated rings. The molecule has 5 nitrogen and oxygen atoms in total. The van der Waals surface area contributed by atoms with Gasteiger partial charge in [-0.15, -0.1) is 0 Å². The monoisotopic (exact) mass is 464 g/mol. The predicted octanol–water partition coefficient (Wildman–Crippen LogP) is 5.26. The summed E-state index contributed by atoms with van der Waals surface area (Å²) in [6.45, 7) is 8.31. The van der Waals surface area contributed by atoms with Crippen molar-refractivity contribution in [1.82, 2.24) is 10.2 Å². The second-order valence-electron chi connectivity index (χ2n) is 7.89. The first kappa shape index (κ1) is 25.0. The molecule has 7 heteroatoms. The fourth-order valence-electron chi connectivity index (χ4n) is 3.13. The van der Waals surface area contributed by atoms with Crippen LogP contribution in [0.3, 0.4) is 0 Å². The highest BCUT2D eigenvalue weighted by Crippen LogP contribution is 2.27. The average molecular weight is 465 g/mol. The zero-order valence-electron chi connectivity index (χ0n) is 18.5. The molecule has 0 unspecified atom stereocenters. The maximum absolute atomic E-state index is 13.2. The summed E-state index contributed by atoms with van der Waals surface area (Å²) in [5, 5.41) is 3.82. The van der Waals surface area contributed by atoms with Crippen LogP contribution in [0.4, 0.5) is 0 Å². The Balaban J connectivity index is 2.26.